The first-order chi connectivity index (χ1) is 8.97. The van der Waals surface area contributed by atoms with Gasteiger partial charge in [-0.15, -0.1) is 0 Å². The quantitative estimate of drug-likeness (QED) is 0.691. The Bertz CT molecular complexity index is 653. The van der Waals surface area contributed by atoms with E-state index in [1.165, 1.54) is 18.2 Å². The van der Waals surface area contributed by atoms with Crippen molar-refractivity contribution in [3.8, 4) is 0 Å². The van der Waals surface area contributed by atoms with Gasteiger partial charge in [0, 0.05) is 22.7 Å². The van der Waals surface area contributed by atoms with Crippen molar-refractivity contribution in [2.24, 2.45) is 0 Å². The summed E-state index contributed by atoms with van der Waals surface area (Å²) in [4.78, 5) is 22.1. The second-order valence-corrected chi connectivity index (χ2v) is 4.55. The Hall–Kier alpha value is -2.22. The maximum atomic E-state index is 12.0. The van der Waals surface area contributed by atoms with Gasteiger partial charge in [0.05, 0.1) is 10.5 Å². The van der Waals surface area contributed by atoms with Crippen LogP contribution >= 0.6 is 15.9 Å². The van der Waals surface area contributed by atoms with Crippen molar-refractivity contribution in [1.29, 1.82) is 0 Å². The summed E-state index contributed by atoms with van der Waals surface area (Å²) >= 11 is 3.17. The van der Waals surface area contributed by atoms with E-state index in [1.54, 1.807) is 13.0 Å². The van der Waals surface area contributed by atoms with Crippen molar-refractivity contribution in [1.82, 2.24) is 5.16 Å². The highest BCUT2D eigenvalue weighted by Gasteiger charge is 2.16. The number of carbonyl (C=O) groups excluding carboxylic acids is 1. The third-order valence-corrected chi connectivity index (χ3v) is 2.97. The number of aromatic nitrogens is 1. The molecule has 1 heterocycles. The predicted molar refractivity (Wildman–Crippen MR) is 70.0 cm³/mol. The fourth-order valence-electron chi connectivity index (χ4n) is 1.41. The maximum absolute atomic E-state index is 12.0. The van der Waals surface area contributed by atoms with E-state index in [4.69, 9.17) is 4.52 Å². The monoisotopic (exact) mass is 325 g/mol. The number of hydrogen-bond acceptors (Lipinski definition) is 5. The zero-order chi connectivity index (χ0) is 14.0. The van der Waals surface area contributed by atoms with E-state index in [-0.39, 0.29) is 17.1 Å². The van der Waals surface area contributed by atoms with Crippen molar-refractivity contribution >= 4 is 33.3 Å². The Kier molecular flexibility index (Phi) is 3.61. The average Bonchev–Trinajstić information content (AvgIpc) is 2.74. The molecular formula is C11H8BrN3O4. The Balaban J connectivity index is 2.27. The summed E-state index contributed by atoms with van der Waals surface area (Å²) < 4.78 is 5.26. The first kappa shape index (κ1) is 13.2. The third-order valence-electron chi connectivity index (χ3n) is 2.27. The van der Waals surface area contributed by atoms with Crippen molar-refractivity contribution in [3.63, 3.8) is 0 Å². The van der Waals surface area contributed by atoms with Crippen LogP contribution in [0.3, 0.4) is 0 Å². The van der Waals surface area contributed by atoms with Gasteiger partial charge in [-0.05, 0) is 28.9 Å². The molecule has 0 unspecified atom stereocenters. The average molecular weight is 326 g/mol. The second kappa shape index (κ2) is 5.19. The topological polar surface area (TPSA) is 98.3 Å². The van der Waals surface area contributed by atoms with Gasteiger partial charge in [0.15, 0.2) is 5.82 Å². The van der Waals surface area contributed by atoms with Gasteiger partial charge in [0.25, 0.3) is 11.6 Å². The fraction of sp³-hybridized carbons (Fsp3) is 0.0909. The molecule has 1 N–H and O–H groups in total. The van der Waals surface area contributed by atoms with Gasteiger partial charge in [-0.2, -0.15) is 0 Å². The molecule has 1 aromatic carbocycles. The lowest BCUT2D eigenvalue weighted by molar-refractivity contribution is -0.384. The SMILES string of the molecule is Cc1cc(NC(=O)c2cc([N+](=O)[O-])ccc2Br)no1. The molecule has 0 radical (unpaired) electrons. The number of aryl methyl sites for hydroxylation is 1. The molecule has 0 fully saturated rings. The summed E-state index contributed by atoms with van der Waals surface area (Å²) in [7, 11) is 0. The summed E-state index contributed by atoms with van der Waals surface area (Å²) in [5, 5.41) is 16.8. The predicted octanol–water partition coefficient (Wildman–Crippen LogP) is 2.91. The van der Waals surface area contributed by atoms with Crippen molar-refractivity contribution < 1.29 is 14.2 Å². The van der Waals surface area contributed by atoms with Crippen LogP contribution in [0.4, 0.5) is 11.5 Å². The van der Waals surface area contributed by atoms with Crippen LogP contribution in [-0.2, 0) is 0 Å². The molecule has 0 bridgehead atoms. The minimum Gasteiger partial charge on any atom is -0.360 e. The van der Waals surface area contributed by atoms with E-state index < -0.39 is 10.8 Å². The first-order valence-electron chi connectivity index (χ1n) is 5.16. The number of nitrogens with zero attached hydrogens (tertiary/aromatic N) is 2. The van der Waals surface area contributed by atoms with Gasteiger partial charge in [-0.3, -0.25) is 14.9 Å². The molecule has 2 rings (SSSR count). The highest BCUT2D eigenvalue weighted by Crippen LogP contribution is 2.23. The number of amides is 1. The van der Waals surface area contributed by atoms with Crippen LogP contribution in [0.2, 0.25) is 0 Å². The molecule has 1 amide bonds. The van der Waals surface area contributed by atoms with Gasteiger partial charge < -0.3 is 9.84 Å². The summed E-state index contributed by atoms with van der Waals surface area (Å²) in [6.07, 6.45) is 0. The summed E-state index contributed by atoms with van der Waals surface area (Å²) in [5.41, 5.74) is -0.0143. The van der Waals surface area contributed by atoms with Crippen LogP contribution in [0.1, 0.15) is 16.1 Å². The number of anilines is 1. The van der Waals surface area contributed by atoms with E-state index in [0.29, 0.717) is 10.2 Å². The number of hydrogen-bond donors (Lipinski definition) is 1. The molecule has 0 aliphatic heterocycles. The molecule has 19 heavy (non-hydrogen) atoms. The molecule has 1 aromatic heterocycles. The smallest absolute Gasteiger partial charge is 0.270 e. The highest BCUT2D eigenvalue weighted by molar-refractivity contribution is 9.10. The Morgan fingerprint density at radius 2 is 2.21 bits per heavy atom. The molecule has 0 atom stereocenters. The summed E-state index contributed by atoms with van der Waals surface area (Å²) in [6.45, 7) is 1.69. The Morgan fingerprint density at radius 1 is 1.47 bits per heavy atom. The molecule has 0 spiro atoms. The van der Waals surface area contributed by atoms with Crippen LogP contribution < -0.4 is 5.32 Å². The first-order valence-corrected chi connectivity index (χ1v) is 5.95. The van der Waals surface area contributed by atoms with E-state index in [1.807, 2.05) is 0 Å². The summed E-state index contributed by atoms with van der Waals surface area (Å²) in [6, 6.07) is 5.48. The molecule has 7 nitrogen and oxygen atoms in total. The molecule has 0 saturated carbocycles. The molecule has 0 aliphatic rings. The number of nitro benzene ring substituents is 1. The number of nitrogens with one attached hydrogen (secondary N) is 1. The van der Waals surface area contributed by atoms with Crippen LogP contribution in [0.25, 0.3) is 0 Å². The standard InChI is InChI=1S/C11H8BrN3O4/c1-6-4-10(14-19-6)13-11(16)8-5-7(15(17)18)2-3-9(8)12/h2-5H,1H3,(H,13,14,16). The molecule has 2 aromatic rings. The number of nitro groups is 1. The van der Waals surface area contributed by atoms with Gasteiger partial charge >= 0.3 is 0 Å². The number of halogens is 1. The number of carbonyl (C=O) groups is 1. The highest BCUT2D eigenvalue weighted by atomic mass is 79.9. The molecular weight excluding hydrogens is 318 g/mol. The normalized spacial score (nSPS) is 10.2. The van der Waals surface area contributed by atoms with E-state index >= 15 is 0 Å². The van der Waals surface area contributed by atoms with Crippen LogP contribution in [0.15, 0.2) is 33.3 Å². The lowest BCUT2D eigenvalue weighted by Gasteiger charge is -2.03. The number of rotatable bonds is 3. The lowest BCUT2D eigenvalue weighted by Crippen LogP contribution is -2.13. The van der Waals surface area contributed by atoms with E-state index in [0.717, 1.165) is 0 Å². The van der Waals surface area contributed by atoms with Crippen molar-refractivity contribution in [3.05, 3.63) is 50.2 Å². The Morgan fingerprint density at radius 3 is 2.79 bits per heavy atom. The number of non-ortho nitro benzene ring substituents is 1. The second-order valence-electron chi connectivity index (χ2n) is 3.70. The van der Waals surface area contributed by atoms with Crippen LogP contribution in [-0.4, -0.2) is 16.0 Å². The van der Waals surface area contributed by atoms with Gasteiger partial charge in [0.2, 0.25) is 0 Å². The molecule has 0 aliphatic carbocycles. The zero-order valence-electron chi connectivity index (χ0n) is 9.71. The fourth-order valence-corrected chi connectivity index (χ4v) is 1.84. The van der Waals surface area contributed by atoms with Crippen molar-refractivity contribution in [2.75, 3.05) is 5.32 Å². The van der Waals surface area contributed by atoms with E-state index in [2.05, 4.69) is 26.4 Å². The summed E-state index contributed by atoms with van der Waals surface area (Å²) in [5.74, 6) is 0.290. The van der Waals surface area contributed by atoms with Crippen molar-refractivity contribution in [2.45, 2.75) is 6.92 Å². The number of benzene rings is 1. The van der Waals surface area contributed by atoms with E-state index in [9.17, 15) is 14.9 Å². The Labute approximate surface area is 115 Å². The largest absolute Gasteiger partial charge is 0.360 e. The molecule has 98 valence electrons. The zero-order valence-corrected chi connectivity index (χ0v) is 11.3. The molecule has 8 heteroatoms. The molecule has 0 saturated heterocycles. The van der Waals surface area contributed by atoms with Crippen LogP contribution in [0.5, 0.6) is 0 Å². The maximum Gasteiger partial charge on any atom is 0.270 e. The minimum atomic E-state index is -0.566. The lowest BCUT2D eigenvalue weighted by atomic mass is 10.2. The van der Waals surface area contributed by atoms with Gasteiger partial charge in [0.1, 0.15) is 5.76 Å². The van der Waals surface area contributed by atoms with Crippen LogP contribution in [0, 0.1) is 17.0 Å². The van der Waals surface area contributed by atoms with Gasteiger partial charge in [-0.1, -0.05) is 5.16 Å². The van der Waals surface area contributed by atoms with Gasteiger partial charge in [-0.25, -0.2) is 0 Å². The minimum absolute atomic E-state index is 0.148. The third kappa shape index (κ3) is 2.97.